The fourth-order valence-corrected chi connectivity index (χ4v) is 2.31. The zero-order chi connectivity index (χ0) is 13.9. The Kier molecular flexibility index (Phi) is 5.36. The van der Waals surface area contributed by atoms with Crippen molar-refractivity contribution in [1.29, 1.82) is 0 Å². The van der Waals surface area contributed by atoms with Gasteiger partial charge in [-0.25, -0.2) is 0 Å². The maximum absolute atomic E-state index is 12.8. The first-order chi connectivity index (χ1) is 8.25. The number of thiocarbonyl (C=S) groups is 1. The van der Waals surface area contributed by atoms with Crippen LogP contribution in [0.4, 0.5) is 13.2 Å². The van der Waals surface area contributed by atoms with Crippen molar-refractivity contribution in [2.45, 2.75) is 38.6 Å². The molecule has 1 aliphatic rings. The highest BCUT2D eigenvalue weighted by molar-refractivity contribution is 7.80. The first-order valence-electron chi connectivity index (χ1n) is 5.97. The average molecular weight is 284 g/mol. The van der Waals surface area contributed by atoms with Crippen LogP contribution in [0.25, 0.3) is 0 Å². The van der Waals surface area contributed by atoms with E-state index in [0.717, 1.165) is 6.42 Å². The van der Waals surface area contributed by atoms with Crippen LogP contribution in [0.3, 0.4) is 0 Å². The van der Waals surface area contributed by atoms with Crippen molar-refractivity contribution in [2.75, 3.05) is 19.7 Å². The van der Waals surface area contributed by atoms with Gasteiger partial charge in [0.1, 0.15) is 5.92 Å². The van der Waals surface area contributed by atoms with Crippen LogP contribution < -0.4 is 5.73 Å². The molecule has 106 valence electrons. The molecular weight excluding hydrogens is 265 g/mol. The lowest BCUT2D eigenvalue weighted by molar-refractivity contribution is -0.166. The minimum absolute atomic E-state index is 0.000370. The number of alkyl halides is 3. The highest BCUT2D eigenvalue weighted by Crippen LogP contribution is 2.29. The Morgan fingerprint density at radius 1 is 1.56 bits per heavy atom. The van der Waals surface area contributed by atoms with Crippen LogP contribution in [-0.4, -0.2) is 47.9 Å². The molecule has 2 N–H and O–H groups in total. The fraction of sp³-hybridized carbons (Fsp3) is 0.909. The lowest BCUT2D eigenvalue weighted by Gasteiger charge is -2.40. The molecule has 1 heterocycles. The molecule has 1 rings (SSSR count). The van der Waals surface area contributed by atoms with Crippen molar-refractivity contribution in [3.05, 3.63) is 0 Å². The van der Waals surface area contributed by atoms with E-state index < -0.39 is 17.1 Å². The Morgan fingerprint density at radius 3 is 2.61 bits per heavy atom. The Hall–Kier alpha value is -0.400. The van der Waals surface area contributed by atoms with Crippen molar-refractivity contribution < 1.29 is 17.9 Å². The van der Waals surface area contributed by atoms with Crippen molar-refractivity contribution in [1.82, 2.24) is 4.90 Å². The van der Waals surface area contributed by atoms with E-state index in [1.165, 1.54) is 0 Å². The summed E-state index contributed by atoms with van der Waals surface area (Å²) in [6.45, 7) is 4.54. The summed E-state index contributed by atoms with van der Waals surface area (Å²) in [4.78, 5) is 1.29. The number of rotatable bonds is 4. The van der Waals surface area contributed by atoms with Gasteiger partial charge in [-0.15, -0.1) is 0 Å². The number of halogens is 3. The van der Waals surface area contributed by atoms with E-state index in [1.807, 2.05) is 13.8 Å². The second kappa shape index (κ2) is 6.16. The van der Waals surface area contributed by atoms with Gasteiger partial charge in [0, 0.05) is 19.1 Å². The molecule has 0 aromatic rings. The van der Waals surface area contributed by atoms with Crippen LogP contribution in [-0.2, 0) is 4.74 Å². The minimum Gasteiger partial charge on any atom is -0.393 e. The summed E-state index contributed by atoms with van der Waals surface area (Å²) in [5.41, 5.74) is 5.22. The molecule has 3 atom stereocenters. The van der Waals surface area contributed by atoms with Crippen molar-refractivity contribution in [3.63, 3.8) is 0 Å². The van der Waals surface area contributed by atoms with Crippen LogP contribution in [0, 0.1) is 5.92 Å². The molecule has 0 radical (unpaired) electrons. The third-order valence-corrected chi connectivity index (χ3v) is 3.49. The largest absolute Gasteiger partial charge is 0.399 e. The van der Waals surface area contributed by atoms with Gasteiger partial charge >= 0.3 is 6.18 Å². The van der Waals surface area contributed by atoms with E-state index >= 15 is 0 Å². The van der Waals surface area contributed by atoms with Crippen LogP contribution in [0.15, 0.2) is 0 Å². The van der Waals surface area contributed by atoms with Gasteiger partial charge in [-0.05, 0) is 13.3 Å². The highest BCUT2D eigenvalue weighted by Gasteiger charge is 2.44. The quantitative estimate of drug-likeness (QED) is 0.801. The summed E-state index contributed by atoms with van der Waals surface area (Å²) in [5.74, 6) is -1.74. The predicted molar refractivity (Wildman–Crippen MR) is 67.4 cm³/mol. The summed E-state index contributed by atoms with van der Waals surface area (Å²) in [5, 5.41) is 0. The fourth-order valence-electron chi connectivity index (χ4n) is 2.10. The van der Waals surface area contributed by atoms with E-state index in [0.29, 0.717) is 13.2 Å². The van der Waals surface area contributed by atoms with E-state index in [9.17, 15) is 13.2 Å². The van der Waals surface area contributed by atoms with Gasteiger partial charge < -0.3 is 10.5 Å². The smallest absolute Gasteiger partial charge is 0.393 e. The molecule has 3 unspecified atom stereocenters. The van der Waals surface area contributed by atoms with Crippen LogP contribution in [0.1, 0.15) is 20.3 Å². The summed E-state index contributed by atoms with van der Waals surface area (Å²) in [6, 6.07) is 0.000370. The number of ether oxygens (including phenoxy) is 1. The first-order valence-corrected chi connectivity index (χ1v) is 6.38. The van der Waals surface area contributed by atoms with Crippen LogP contribution >= 0.6 is 12.2 Å². The second-order valence-electron chi connectivity index (χ2n) is 4.66. The number of hydrogen-bond donors (Lipinski definition) is 1. The van der Waals surface area contributed by atoms with Crippen molar-refractivity contribution in [2.24, 2.45) is 11.7 Å². The number of nitrogens with two attached hydrogens (primary N) is 1. The first kappa shape index (κ1) is 15.7. The highest BCUT2D eigenvalue weighted by atomic mass is 32.1. The molecule has 0 aromatic heterocycles. The maximum atomic E-state index is 12.8. The monoisotopic (exact) mass is 284 g/mol. The van der Waals surface area contributed by atoms with Crippen molar-refractivity contribution >= 4 is 17.2 Å². The third kappa shape index (κ3) is 4.07. The molecule has 3 nitrogen and oxygen atoms in total. The lowest BCUT2D eigenvalue weighted by atomic mass is 10.0. The zero-order valence-electron chi connectivity index (χ0n) is 10.5. The van der Waals surface area contributed by atoms with Crippen LogP contribution in [0.5, 0.6) is 0 Å². The standard InChI is InChI=1S/C11H19F3N2OS/c1-3-8-6-17-7(2)4-16(8)5-9(10(15)18)11(12,13)14/h7-9H,3-6H2,1-2H3,(H2,15,18). The van der Waals surface area contributed by atoms with Gasteiger partial charge in [0.15, 0.2) is 0 Å². The molecular formula is C11H19F3N2OS. The van der Waals surface area contributed by atoms with Gasteiger partial charge in [-0.3, -0.25) is 4.90 Å². The molecule has 0 bridgehead atoms. The molecule has 0 aliphatic carbocycles. The SMILES string of the molecule is CCC1COC(C)CN1CC(C(N)=S)C(F)(F)F. The van der Waals surface area contributed by atoms with Gasteiger partial charge in [0.2, 0.25) is 0 Å². The molecule has 0 spiro atoms. The predicted octanol–water partition coefficient (Wildman–Crippen LogP) is 1.95. The lowest BCUT2D eigenvalue weighted by Crippen LogP contribution is -2.53. The van der Waals surface area contributed by atoms with E-state index in [4.69, 9.17) is 10.5 Å². The van der Waals surface area contributed by atoms with E-state index in [2.05, 4.69) is 12.2 Å². The third-order valence-electron chi connectivity index (χ3n) is 3.21. The topological polar surface area (TPSA) is 38.5 Å². The summed E-state index contributed by atoms with van der Waals surface area (Å²) in [6.07, 6.45) is -3.70. The molecule has 0 saturated carbocycles. The molecule has 1 aliphatic heterocycles. The van der Waals surface area contributed by atoms with Gasteiger partial charge in [-0.2, -0.15) is 13.2 Å². The zero-order valence-corrected chi connectivity index (χ0v) is 11.4. The second-order valence-corrected chi connectivity index (χ2v) is 5.13. The van der Waals surface area contributed by atoms with Gasteiger partial charge in [0.05, 0.1) is 17.7 Å². The summed E-state index contributed by atoms with van der Waals surface area (Å²) in [7, 11) is 0. The Morgan fingerprint density at radius 2 is 2.17 bits per heavy atom. The molecule has 0 aromatic carbocycles. The van der Waals surface area contributed by atoms with Crippen LogP contribution in [0.2, 0.25) is 0 Å². The molecule has 7 heteroatoms. The van der Waals surface area contributed by atoms with Gasteiger partial charge in [-0.1, -0.05) is 19.1 Å². The molecule has 18 heavy (non-hydrogen) atoms. The van der Waals surface area contributed by atoms with E-state index in [-0.39, 0.29) is 18.7 Å². The Labute approximate surface area is 110 Å². The summed E-state index contributed by atoms with van der Waals surface area (Å²) >= 11 is 4.54. The normalized spacial score (nSPS) is 28.1. The van der Waals surface area contributed by atoms with E-state index in [1.54, 1.807) is 4.90 Å². The maximum Gasteiger partial charge on any atom is 0.399 e. The Balaban J connectivity index is 2.74. The number of nitrogens with zero attached hydrogens (tertiary/aromatic N) is 1. The Bertz CT molecular complexity index is 299. The average Bonchev–Trinajstić information content (AvgIpc) is 2.24. The summed E-state index contributed by atoms with van der Waals surface area (Å²) < 4.78 is 43.9. The number of hydrogen-bond acceptors (Lipinski definition) is 3. The van der Waals surface area contributed by atoms with Gasteiger partial charge in [0.25, 0.3) is 0 Å². The minimum atomic E-state index is -4.38. The number of morpholine rings is 1. The molecule has 1 fully saturated rings. The molecule has 0 amide bonds. The van der Waals surface area contributed by atoms with Crippen molar-refractivity contribution in [3.8, 4) is 0 Å². The molecule has 1 saturated heterocycles.